The highest BCUT2D eigenvalue weighted by Crippen LogP contribution is 2.15. The first-order chi connectivity index (χ1) is 9.15. The summed E-state index contributed by atoms with van der Waals surface area (Å²) in [5.74, 6) is -0.731. The Hall–Kier alpha value is -1.23. The van der Waals surface area contributed by atoms with E-state index >= 15 is 0 Å². The Bertz CT molecular complexity index is 412. The first-order valence-corrected chi connectivity index (χ1v) is 7.80. The molecule has 1 aromatic rings. The molecule has 0 atom stereocenters. The van der Waals surface area contributed by atoms with E-state index in [1.165, 1.54) is 30.7 Å². The minimum atomic E-state index is -1.24. The molecule has 0 unspecified atom stereocenters. The summed E-state index contributed by atoms with van der Waals surface area (Å²) in [5, 5.41) is 11.8. The van der Waals surface area contributed by atoms with Gasteiger partial charge in [0.1, 0.15) is 5.82 Å². The van der Waals surface area contributed by atoms with E-state index in [2.05, 4.69) is 11.6 Å². The minimum absolute atomic E-state index is 0.289. The summed E-state index contributed by atoms with van der Waals surface area (Å²) in [7, 11) is 0. The van der Waals surface area contributed by atoms with Crippen molar-refractivity contribution in [3.8, 4) is 0 Å². The van der Waals surface area contributed by atoms with Crippen molar-refractivity contribution in [3.63, 3.8) is 0 Å². The van der Waals surface area contributed by atoms with Crippen molar-refractivity contribution in [1.82, 2.24) is 0 Å². The van der Waals surface area contributed by atoms with Gasteiger partial charge in [-0.2, -0.15) is 11.8 Å². The predicted molar refractivity (Wildman–Crippen MR) is 78.7 cm³/mol. The van der Waals surface area contributed by atoms with E-state index in [1.807, 2.05) is 11.8 Å². The standard InChI is InChI=1S/C14H20FNO2S/c1-19-9-5-3-2-4-8-16-11-6-7-12(14(17)18)13(15)10-11/h6-7,10,16H,2-5,8-9H2,1H3,(H,17,18). The van der Waals surface area contributed by atoms with E-state index < -0.39 is 11.8 Å². The Labute approximate surface area is 117 Å². The van der Waals surface area contributed by atoms with Gasteiger partial charge < -0.3 is 10.4 Å². The van der Waals surface area contributed by atoms with Crippen LogP contribution in [0.25, 0.3) is 0 Å². The summed E-state index contributed by atoms with van der Waals surface area (Å²) in [6, 6.07) is 4.12. The molecule has 0 radical (unpaired) electrons. The van der Waals surface area contributed by atoms with Crippen LogP contribution < -0.4 is 5.32 Å². The third-order valence-electron chi connectivity index (χ3n) is 2.80. The number of unbranched alkanes of at least 4 members (excludes halogenated alkanes) is 3. The predicted octanol–water partition coefficient (Wildman–Crippen LogP) is 3.86. The molecule has 0 aliphatic rings. The Morgan fingerprint density at radius 1 is 1.32 bits per heavy atom. The first kappa shape index (κ1) is 15.8. The van der Waals surface area contributed by atoms with Gasteiger partial charge in [0.2, 0.25) is 0 Å². The first-order valence-electron chi connectivity index (χ1n) is 6.41. The number of thioether (sulfide) groups is 1. The van der Waals surface area contributed by atoms with Crippen LogP contribution in [-0.4, -0.2) is 29.6 Å². The Morgan fingerprint density at radius 2 is 2.05 bits per heavy atom. The van der Waals surface area contributed by atoms with Crippen molar-refractivity contribution >= 4 is 23.4 Å². The van der Waals surface area contributed by atoms with Crippen molar-refractivity contribution in [2.45, 2.75) is 25.7 Å². The summed E-state index contributed by atoms with van der Waals surface area (Å²) < 4.78 is 13.4. The third kappa shape index (κ3) is 5.96. The van der Waals surface area contributed by atoms with Gasteiger partial charge in [-0.3, -0.25) is 0 Å². The summed E-state index contributed by atoms with van der Waals surface area (Å²) in [5.41, 5.74) is 0.342. The van der Waals surface area contributed by atoms with Crippen molar-refractivity contribution in [2.75, 3.05) is 23.9 Å². The summed E-state index contributed by atoms with van der Waals surface area (Å²) in [6.07, 6.45) is 6.76. The fourth-order valence-electron chi connectivity index (χ4n) is 1.76. The van der Waals surface area contributed by atoms with Crippen LogP contribution in [0, 0.1) is 5.82 Å². The molecule has 0 heterocycles. The van der Waals surface area contributed by atoms with Crippen LogP contribution in [0.15, 0.2) is 18.2 Å². The van der Waals surface area contributed by atoms with Gasteiger partial charge in [0, 0.05) is 12.2 Å². The Morgan fingerprint density at radius 3 is 2.68 bits per heavy atom. The number of carboxylic acid groups (broad SMARTS) is 1. The molecule has 0 spiro atoms. The van der Waals surface area contributed by atoms with Gasteiger partial charge in [-0.25, -0.2) is 9.18 Å². The molecule has 0 aliphatic heterocycles. The van der Waals surface area contributed by atoms with E-state index in [-0.39, 0.29) is 5.56 Å². The maximum absolute atomic E-state index is 13.4. The van der Waals surface area contributed by atoms with E-state index in [0.29, 0.717) is 5.69 Å². The Kier molecular flexibility index (Phi) is 7.33. The van der Waals surface area contributed by atoms with Gasteiger partial charge in [0.15, 0.2) is 0 Å². The van der Waals surface area contributed by atoms with Crippen molar-refractivity contribution in [2.24, 2.45) is 0 Å². The number of hydrogen-bond donors (Lipinski definition) is 2. The number of hydrogen-bond acceptors (Lipinski definition) is 3. The molecule has 19 heavy (non-hydrogen) atoms. The quantitative estimate of drug-likeness (QED) is 0.676. The number of carbonyl (C=O) groups is 1. The number of nitrogens with one attached hydrogen (secondary N) is 1. The van der Waals surface area contributed by atoms with Gasteiger partial charge in [0.25, 0.3) is 0 Å². The number of carboxylic acids is 1. The van der Waals surface area contributed by atoms with Crippen LogP contribution in [-0.2, 0) is 0 Å². The molecule has 0 bridgehead atoms. The third-order valence-corrected chi connectivity index (χ3v) is 3.50. The minimum Gasteiger partial charge on any atom is -0.478 e. The fraction of sp³-hybridized carbons (Fsp3) is 0.500. The lowest BCUT2D eigenvalue weighted by Gasteiger charge is -2.07. The Balaban J connectivity index is 2.26. The number of rotatable bonds is 9. The zero-order chi connectivity index (χ0) is 14.1. The average molecular weight is 285 g/mol. The molecule has 3 nitrogen and oxygen atoms in total. The van der Waals surface area contributed by atoms with Crippen LogP contribution in [0.1, 0.15) is 36.0 Å². The molecule has 0 saturated carbocycles. The van der Waals surface area contributed by atoms with Gasteiger partial charge in [-0.1, -0.05) is 12.8 Å². The topological polar surface area (TPSA) is 49.3 Å². The van der Waals surface area contributed by atoms with Crippen LogP contribution >= 0.6 is 11.8 Å². The second-order valence-corrected chi connectivity index (χ2v) is 5.32. The van der Waals surface area contributed by atoms with Gasteiger partial charge >= 0.3 is 5.97 Å². The number of aromatic carboxylic acids is 1. The molecule has 1 rings (SSSR count). The normalized spacial score (nSPS) is 10.4. The molecule has 0 fully saturated rings. The summed E-state index contributed by atoms with van der Waals surface area (Å²) >= 11 is 1.86. The average Bonchev–Trinajstić information content (AvgIpc) is 2.37. The molecular formula is C14H20FNO2S. The zero-order valence-corrected chi connectivity index (χ0v) is 11.9. The second kappa shape index (κ2) is 8.80. The van der Waals surface area contributed by atoms with Crippen LogP contribution in [0.3, 0.4) is 0 Å². The number of halogens is 1. The summed E-state index contributed by atoms with van der Waals surface area (Å²) in [6.45, 7) is 0.783. The molecular weight excluding hydrogens is 265 g/mol. The van der Waals surface area contributed by atoms with Crippen molar-refractivity contribution < 1.29 is 14.3 Å². The maximum Gasteiger partial charge on any atom is 0.338 e. The molecule has 2 N–H and O–H groups in total. The van der Waals surface area contributed by atoms with E-state index in [1.54, 1.807) is 6.07 Å². The molecule has 106 valence electrons. The molecule has 0 saturated heterocycles. The molecule has 0 aromatic heterocycles. The summed E-state index contributed by atoms with van der Waals surface area (Å²) in [4.78, 5) is 10.7. The highest BCUT2D eigenvalue weighted by molar-refractivity contribution is 7.98. The lowest BCUT2D eigenvalue weighted by Crippen LogP contribution is -2.04. The van der Waals surface area contributed by atoms with Crippen LogP contribution in [0.2, 0.25) is 0 Å². The molecule has 1 aromatic carbocycles. The van der Waals surface area contributed by atoms with Crippen LogP contribution in [0.4, 0.5) is 10.1 Å². The number of anilines is 1. The van der Waals surface area contributed by atoms with Crippen LogP contribution in [0.5, 0.6) is 0 Å². The maximum atomic E-state index is 13.4. The van der Waals surface area contributed by atoms with Gasteiger partial charge in [-0.05, 0) is 43.0 Å². The van der Waals surface area contributed by atoms with Crippen molar-refractivity contribution in [3.05, 3.63) is 29.6 Å². The van der Waals surface area contributed by atoms with E-state index in [9.17, 15) is 9.18 Å². The van der Waals surface area contributed by atoms with Gasteiger partial charge in [-0.15, -0.1) is 0 Å². The molecule has 0 aliphatic carbocycles. The van der Waals surface area contributed by atoms with E-state index in [0.717, 1.165) is 19.4 Å². The van der Waals surface area contributed by atoms with Gasteiger partial charge in [0.05, 0.1) is 5.56 Å². The smallest absolute Gasteiger partial charge is 0.338 e. The highest BCUT2D eigenvalue weighted by atomic mass is 32.2. The van der Waals surface area contributed by atoms with E-state index in [4.69, 9.17) is 5.11 Å². The number of benzene rings is 1. The largest absolute Gasteiger partial charge is 0.478 e. The monoisotopic (exact) mass is 285 g/mol. The van der Waals surface area contributed by atoms with Crippen molar-refractivity contribution in [1.29, 1.82) is 0 Å². The lowest BCUT2D eigenvalue weighted by molar-refractivity contribution is 0.0692. The second-order valence-electron chi connectivity index (χ2n) is 4.33. The lowest BCUT2D eigenvalue weighted by atomic mass is 10.2. The fourth-order valence-corrected chi connectivity index (χ4v) is 2.25. The molecule has 5 heteroatoms. The zero-order valence-electron chi connectivity index (χ0n) is 11.1. The SMILES string of the molecule is CSCCCCCCNc1ccc(C(=O)O)c(F)c1. The molecule has 0 amide bonds. The highest BCUT2D eigenvalue weighted by Gasteiger charge is 2.09.